The third-order valence-electron chi connectivity index (χ3n) is 3.31. The number of nitrogens with one attached hydrogen (secondary N) is 2. The minimum atomic E-state index is -3.64. The van der Waals surface area contributed by atoms with Gasteiger partial charge in [-0.3, -0.25) is 9.82 Å². The summed E-state index contributed by atoms with van der Waals surface area (Å²) in [6.07, 6.45) is 2.54. The minimum Gasteiger partial charge on any atom is -0.349 e. The SMILES string of the molecule is CCCn1cc(S(=O)(=O)Nc2c(C)n[nH]c2C)cc1CN. The van der Waals surface area contributed by atoms with Gasteiger partial charge < -0.3 is 10.3 Å². The average Bonchev–Trinajstić information content (AvgIpc) is 2.98. The van der Waals surface area contributed by atoms with E-state index in [1.54, 1.807) is 26.1 Å². The van der Waals surface area contributed by atoms with Gasteiger partial charge in [-0.25, -0.2) is 8.42 Å². The first-order valence-corrected chi connectivity index (χ1v) is 8.30. The Labute approximate surface area is 124 Å². The molecule has 0 amide bonds. The zero-order valence-corrected chi connectivity index (χ0v) is 13.3. The second kappa shape index (κ2) is 5.90. The van der Waals surface area contributed by atoms with Crippen LogP contribution in [0, 0.1) is 13.8 Å². The van der Waals surface area contributed by atoms with Gasteiger partial charge >= 0.3 is 0 Å². The van der Waals surface area contributed by atoms with Crippen LogP contribution in [0.1, 0.15) is 30.4 Å². The fourth-order valence-corrected chi connectivity index (χ4v) is 3.43. The maximum Gasteiger partial charge on any atom is 0.263 e. The Morgan fingerprint density at radius 3 is 2.67 bits per heavy atom. The predicted octanol–water partition coefficient (Wildman–Crippen LogP) is 1.50. The van der Waals surface area contributed by atoms with Crippen molar-refractivity contribution < 1.29 is 8.42 Å². The molecule has 0 aromatic carbocycles. The molecule has 2 rings (SSSR count). The Hall–Kier alpha value is -1.80. The monoisotopic (exact) mass is 311 g/mol. The zero-order valence-electron chi connectivity index (χ0n) is 12.5. The van der Waals surface area contributed by atoms with Crippen molar-refractivity contribution >= 4 is 15.7 Å². The number of hydrogen-bond acceptors (Lipinski definition) is 4. The van der Waals surface area contributed by atoms with E-state index < -0.39 is 10.0 Å². The van der Waals surface area contributed by atoms with E-state index >= 15 is 0 Å². The topological polar surface area (TPSA) is 106 Å². The molecule has 0 radical (unpaired) electrons. The summed E-state index contributed by atoms with van der Waals surface area (Å²) in [7, 11) is -3.64. The second-order valence-corrected chi connectivity index (χ2v) is 6.66. The van der Waals surface area contributed by atoms with Crippen LogP contribution < -0.4 is 10.5 Å². The van der Waals surface area contributed by atoms with Crippen molar-refractivity contribution in [2.45, 2.75) is 45.2 Å². The molecule has 0 fully saturated rings. The molecule has 4 N–H and O–H groups in total. The maximum absolute atomic E-state index is 12.5. The molecule has 0 saturated carbocycles. The highest BCUT2D eigenvalue weighted by Gasteiger charge is 2.20. The Morgan fingerprint density at radius 2 is 2.14 bits per heavy atom. The first-order chi connectivity index (χ1) is 9.89. The van der Waals surface area contributed by atoms with E-state index in [1.807, 2.05) is 11.5 Å². The fourth-order valence-electron chi connectivity index (χ4n) is 2.19. The molecule has 116 valence electrons. The quantitative estimate of drug-likeness (QED) is 0.751. The normalized spacial score (nSPS) is 11.8. The fraction of sp³-hybridized carbons (Fsp3) is 0.462. The summed E-state index contributed by atoms with van der Waals surface area (Å²) in [5.74, 6) is 0. The number of aromatic nitrogens is 3. The van der Waals surface area contributed by atoms with E-state index in [0.717, 1.165) is 18.7 Å². The number of aryl methyl sites for hydroxylation is 3. The van der Waals surface area contributed by atoms with E-state index in [4.69, 9.17) is 5.73 Å². The first kappa shape index (κ1) is 15.6. The molecule has 0 aliphatic heterocycles. The number of aromatic amines is 1. The summed E-state index contributed by atoms with van der Waals surface area (Å²) < 4.78 is 29.4. The highest BCUT2D eigenvalue weighted by molar-refractivity contribution is 7.92. The second-order valence-electron chi connectivity index (χ2n) is 4.98. The van der Waals surface area contributed by atoms with Crippen LogP contribution in [0.2, 0.25) is 0 Å². The van der Waals surface area contributed by atoms with Gasteiger partial charge in [-0.2, -0.15) is 5.10 Å². The predicted molar refractivity (Wildman–Crippen MR) is 81.5 cm³/mol. The average molecular weight is 311 g/mol. The molecule has 0 saturated heterocycles. The molecule has 0 bridgehead atoms. The lowest BCUT2D eigenvalue weighted by atomic mass is 10.3. The lowest BCUT2D eigenvalue weighted by Crippen LogP contribution is -2.13. The molecule has 8 heteroatoms. The molecule has 2 aromatic rings. The minimum absolute atomic E-state index is 0.219. The molecular formula is C13H21N5O2S. The van der Waals surface area contributed by atoms with Gasteiger partial charge in [-0.05, 0) is 26.3 Å². The van der Waals surface area contributed by atoms with Gasteiger partial charge in [0, 0.05) is 25.0 Å². The summed E-state index contributed by atoms with van der Waals surface area (Å²) in [5.41, 5.74) is 8.26. The lowest BCUT2D eigenvalue weighted by Gasteiger charge is -2.06. The smallest absolute Gasteiger partial charge is 0.263 e. The van der Waals surface area contributed by atoms with Crippen LogP contribution in [0.4, 0.5) is 5.69 Å². The Balaban J connectivity index is 2.36. The maximum atomic E-state index is 12.5. The standard InChI is InChI=1S/C13H21N5O2S/c1-4-5-18-8-12(6-11(18)7-14)21(19,20)17-13-9(2)15-16-10(13)3/h6,8,17H,4-5,7,14H2,1-3H3,(H,15,16). The van der Waals surface area contributed by atoms with Crippen LogP contribution in [0.25, 0.3) is 0 Å². The van der Waals surface area contributed by atoms with E-state index in [9.17, 15) is 8.42 Å². The molecule has 2 aromatic heterocycles. The van der Waals surface area contributed by atoms with Gasteiger partial charge in [0.1, 0.15) is 4.90 Å². The highest BCUT2D eigenvalue weighted by atomic mass is 32.2. The van der Waals surface area contributed by atoms with Crippen molar-refractivity contribution in [3.63, 3.8) is 0 Å². The summed E-state index contributed by atoms with van der Waals surface area (Å²) in [5, 5.41) is 6.74. The van der Waals surface area contributed by atoms with Crippen LogP contribution in [0.15, 0.2) is 17.2 Å². The van der Waals surface area contributed by atoms with Crippen molar-refractivity contribution in [1.82, 2.24) is 14.8 Å². The van der Waals surface area contributed by atoms with Gasteiger partial charge in [-0.1, -0.05) is 6.92 Å². The van der Waals surface area contributed by atoms with Gasteiger partial charge in [-0.15, -0.1) is 0 Å². The molecule has 21 heavy (non-hydrogen) atoms. The van der Waals surface area contributed by atoms with Gasteiger partial charge in [0.15, 0.2) is 0 Å². The van der Waals surface area contributed by atoms with Crippen LogP contribution in [0.5, 0.6) is 0 Å². The van der Waals surface area contributed by atoms with Crippen molar-refractivity contribution in [3.05, 3.63) is 29.3 Å². The van der Waals surface area contributed by atoms with Crippen molar-refractivity contribution in [1.29, 1.82) is 0 Å². The van der Waals surface area contributed by atoms with E-state index in [-0.39, 0.29) is 4.90 Å². The van der Waals surface area contributed by atoms with E-state index in [0.29, 0.717) is 23.6 Å². The largest absolute Gasteiger partial charge is 0.349 e. The summed E-state index contributed by atoms with van der Waals surface area (Å²) in [4.78, 5) is 0.219. The Kier molecular flexibility index (Phi) is 4.38. The first-order valence-electron chi connectivity index (χ1n) is 6.82. The molecule has 0 spiro atoms. The molecule has 2 heterocycles. The Morgan fingerprint density at radius 1 is 1.43 bits per heavy atom. The van der Waals surface area contributed by atoms with Crippen molar-refractivity contribution in [2.75, 3.05) is 4.72 Å². The number of rotatable bonds is 6. The van der Waals surface area contributed by atoms with E-state index in [1.165, 1.54) is 0 Å². The van der Waals surface area contributed by atoms with Crippen molar-refractivity contribution in [2.24, 2.45) is 5.73 Å². The zero-order chi connectivity index (χ0) is 15.6. The molecule has 0 atom stereocenters. The molecular weight excluding hydrogens is 290 g/mol. The van der Waals surface area contributed by atoms with E-state index in [2.05, 4.69) is 14.9 Å². The number of sulfonamides is 1. The number of nitrogens with two attached hydrogens (primary N) is 1. The molecule has 7 nitrogen and oxygen atoms in total. The van der Waals surface area contributed by atoms with Crippen LogP contribution >= 0.6 is 0 Å². The lowest BCUT2D eigenvalue weighted by molar-refractivity contribution is 0.600. The van der Waals surface area contributed by atoms with Crippen LogP contribution in [-0.2, 0) is 23.1 Å². The third-order valence-corrected chi connectivity index (χ3v) is 4.63. The number of nitrogens with zero attached hydrogens (tertiary/aromatic N) is 2. The third kappa shape index (κ3) is 3.11. The van der Waals surface area contributed by atoms with Gasteiger partial charge in [0.25, 0.3) is 10.0 Å². The van der Waals surface area contributed by atoms with Crippen LogP contribution in [-0.4, -0.2) is 23.2 Å². The van der Waals surface area contributed by atoms with Crippen LogP contribution in [0.3, 0.4) is 0 Å². The summed E-state index contributed by atoms with van der Waals surface area (Å²) >= 11 is 0. The molecule has 0 aliphatic carbocycles. The molecule has 0 unspecified atom stereocenters. The summed E-state index contributed by atoms with van der Waals surface area (Å²) in [6.45, 7) is 6.59. The number of anilines is 1. The molecule has 0 aliphatic rings. The summed E-state index contributed by atoms with van der Waals surface area (Å²) in [6, 6.07) is 1.61. The number of H-pyrrole nitrogens is 1. The highest BCUT2D eigenvalue weighted by Crippen LogP contribution is 2.22. The van der Waals surface area contributed by atoms with Crippen molar-refractivity contribution in [3.8, 4) is 0 Å². The Bertz CT molecular complexity index is 710. The van der Waals surface area contributed by atoms with Gasteiger partial charge in [0.2, 0.25) is 0 Å². The number of hydrogen-bond donors (Lipinski definition) is 3. The van der Waals surface area contributed by atoms with Gasteiger partial charge in [0.05, 0.1) is 17.1 Å².